The first kappa shape index (κ1) is 12.3. The summed E-state index contributed by atoms with van der Waals surface area (Å²) in [4.78, 5) is 21.0. The monoisotopic (exact) mass is 267 g/mol. The van der Waals surface area contributed by atoms with E-state index in [-0.39, 0.29) is 12.2 Å². The molecule has 2 aromatic rings. The maximum absolute atomic E-state index is 11.6. The zero-order valence-electron chi connectivity index (χ0n) is 9.95. The Hall–Kier alpha value is -1.74. The van der Waals surface area contributed by atoms with Crippen molar-refractivity contribution in [2.45, 2.75) is 24.3 Å². The lowest BCUT2D eigenvalue weighted by Gasteiger charge is -2.10. The summed E-state index contributed by atoms with van der Waals surface area (Å²) >= 11 is 0. The molecule has 0 aliphatic carbocycles. The SMILES string of the molecule is O=c1[nH]cnc2c([C@@H]3[NH2+][C@H](CO)[C@@H](O)[C@H]3O)c[nH]c12. The molecule has 19 heavy (non-hydrogen) atoms. The van der Waals surface area contributed by atoms with E-state index in [9.17, 15) is 15.0 Å². The van der Waals surface area contributed by atoms with E-state index >= 15 is 0 Å². The summed E-state index contributed by atoms with van der Waals surface area (Å²) in [5.74, 6) is 0. The highest BCUT2D eigenvalue weighted by atomic mass is 16.3. The Morgan fingerprint density at radius 3 is 2.79 bits per heavy atom. The molecular formula is C11H15N4O4+. The van der Waals surface area contributed by atoms with Crippen molar-refractivity contribution in [1.29, 1.82) is 0 Å². The van der Waals surface area contributed by atoms with Crippen LogP contribution in [0.2, 0.25) is 0 Å². The fraction of sp³-hybridized carbons (Fsp3) is 0.455. The van der Waals surface area contributed by atoms with Gasteiger partial charge < -0.3 is 30.6 Å². The highest BCUT2D eigenvalue weighted by Crippen LogP contribution is 2.25. The highest BCUT2D eigenvalue weighted by Gasteiger charge is 2.46. The van der Waals surface area contributed by atoms with Crippen LogP contribution in [0.15, 0.2) is 17.3 Å². The second-order valence-electron chi connectivity index (χ2n) is 4.75. The molecule has 4 atom stereocenters. The van der Waals surface area contributed by atoms with E-state index < -0.39 is 24.3 Å². The van der Waals surface area contributed by atoms with Crippen molar-refractivity contribution in [3.8, 4) is 0 Å². The Balaban J connectivity index is 2.06. The van der Waals surface area contributed by atoms with Crippen LogP contribution in [0.4, 0.5) is 0 Å². The van der Waals surface area contributed by atoms with E-state index in [0.717, 1.165) is 0 Å². The fourth-order valence-corrected chi connectivity index (χ4v) is 2.64. The highest BCUT2D eigenvalue weighted by molar-refractivity contribution is 5.78. The van der Waals surface area contributed by atoms with Gasteiger partial charge in [-0.15, -0.1) is 0 Å². The summed E-state index contributed by atoms with van der Waals surface area (Å²) in [5.41, 5.74) is 1.15. The van der Waals surface area contributed by atoms with Crippen molar-refractivity contribution in [1.82, 2.24) is 15.0 Å². The van der Waals surface area contributed by atoms with Gasteiger partial charge in [0.15, 0.2) is 0 Å². The molecule has 0 spiro atoms. The molecule has 8 nitrogen and oxygen atoms in total. The van der Waals surface area contributed by atoms with E-state index in [1.807, 2.05) is 0 Å². The van der Waals surface area contributed by atoms with Gasteiger partial charge in [0, 0.05) is 6.20 Å². The number of rotatable bonds is 2. The molecule has 0 radical (unpaired) electrons. The molecule has 3 heterocycles. The van der Waals surface area contributed by atoms with E-state index in [4.69, 9.17) is 5.11 Å². The summed E-state index contributed by atoms with van der Waals surface area (Å²) in [6.07, 6.45) is 0.867. The molecule has 8 heteroatoms. The number of hydrogen-bond acceptors (Lipinski definition) is 5. The minimum Gasteiger partial charge on any atom is -0.390 e. The largest absolute Gasteiger partial charge is 0.390 e. The average molecular weight is 267 g/mol. The number of aliphatic hydroxyl groups is 3. The molecule has 1 aliphatic rings. The zero-order valence-corrected chi connectivity index (χ0v) is 9.95. The van der Waals surface area contributed by atoms with E-state index in [2.05, 4.69) is 15.0 Å². The van der Waals surface area contributed by atoms with Crippen molar-refractivity contribution in [2.75, 3.05) is 6.61 Å². The fourth-order valence-electron chi connectivity index (χ4n) is 2.64. The topological polar surface area (TPSA) is 139 Å². The number of aromatic nitrogens is 3. The van der Waals surface area contributed by atoms with Gasteiger partial charge >= 0.3 is 0 Å². The third-order valence-electron chi connectivity index (χ3n) is 3.68. The van der Waals surface area contributed by atoms with Gasteiger partial charge in [0.2, 0.25) is 0 Å². The van der Waals surface area contributed by atoms with Crippen LogP contribution < -0.4 is 10.9 Å². The lowest BCUT2D eigenvalue weighted by Crippen LogP contribution is -2.89. The summed E-state index contributed by atoms with van der Waals surface area (Å²) in [6.45, 7) is -0.231. The van der Waals surface area contributed by atoms with Crippen LogP contribution in [0, 0.1) is 0 Å². The van der Waals surface area contributed by atoms with Crippen LogP contribution in [0.25, 0.3) is 11.0 Å². The number of H-pyrrole nitrogens is 2. The minimum atomic E-state index is -1.02. The van der Waals surface area contributed by atoms with E-state index in [0.29, 0.717) is 16.6 Å². The zero-order chi connectivity index (χ0) is 13.6. The standard InChI is InChI=1S/C11H14N4O4/c16-2-5-9(17)10(18)7(15-5)4-1-12-8-6(4)13-3-14-11(8)19/h1,3,5,7,9-10,12,15-18H,2H2,(H,13,14,19)/p+1/t5-,7+,9-,10+/m1/s1. The van der Waals surface area contributed by atoms with E-state index in [1.54, 1.807) is 11.5 Å². The molecule has 0 unspecified atom stereocenters. The lowest BCUT2D eigenvalue weighted by molar-refractivity contribution is -0.713. The Bertz CT molecular complexity index is 651. The maximum Gasteiger partial charge on any atom is 0.275 e. The van der Waals surface area contributed by atoms with Crippen molar-refractivity contribution in [3.05, 3.63) is 28.4 Å². The van der Waals surface area contributed by atoms with Crippen LogP contribution in [0.3, 0.4) is 0 Å². The summed E-state index contributed by atoms with van der Waals surface area (Å²) in [5, 5.41) is 30.7. The van der Waals surface area contributed by atoms with Crippen LogP contribution in [-0.4, -0.2) is 55.1 Å². The summed E-state index contributed by atoms with van der Waals surface area (Å²) in [7, 11) is 0. The average Bonchev–Trinajstić information content (AvgIpc) is 2.94. The number of aromatic amines is 2. The number of nitrogens with two attached hydrogens (primary N) is 1. The first-order valence-corrected chi connectivity index (χ1v) is 6.00. The molecular weight excluding hydrogens is 252 g/mol. The van der Waals surface area contributed by atoms with Gasteiger partial charge in [-0.3, -0.25) is 4.79 Å². The number of fused-ring (bicyclic) bond motifs is 1. The molecule has 1 fully saturated rings. The van der Waals surface area contributed by atoms with Crippen molar-refractivity contribution in [2.24, 2.45) is 0 Å². The van der Waals surface area contributed by atoms with E-state index in [1.165, 1.54) is 6.33 Å². The number of aliphatic hydroxyl groups excluding tert-OH is 3. The molecule has 0 amide bonds. The molecule has 0 saturated carbocycles. The summed E-state index contributed by atoms with van der Waals surface area (Å²) in [6, 6.07) is -0.942. The van der Waals surface area contributed by atoms with Crippen LogP contribution in [0.1, 0.15) is 11.6 Å². The maximum atomic E-state index is 11.6. The van der Waals surface area contributed by atoms with Gasteiger partial charge in [0.1, 0.15) is 35.3 Å². The van der Waals surface area contributed by atoms with Gasteiger partial charge in [-0.05, 0) is 0 Å². The molecule has 3 rings (SSSR count). The van der Waals surface area contributed by atoms with Gasteiger partial charge in [0.25, 0.3) is 5.56 Å². The molecule has 7 N–H and O–H groups in total. The van der Waals surface area contributed by atoms with Crippen molar-refractivity contribution in [3.63, 3.8) is 0 Å². The Kier molecular flexibility index (Phi) is 2.86. The van der Waals surface area contributed by atoms with Gasteiger partial charge in [-0.25, -0.2) is 4.98 Å². The number of quaternary nitrogens is 1. The molecule has 0 bridgehead atoms. The third-order valence-corrected chi connectivity index (χ3v) is 3.68. The normalized spacial score (nSPS) is 31.1. The van der Waals surface area contributed by atoms with Gasteiger partial charge in [-0.1, -0.05) is 0 Å². The van der Waals surface area contributed by atoms with Crippen LogP contribution >= 0.6 is 0 Å². The molecule has 2 aromatic heterocycles. The van der Waals surface area contributed by atoms with Crippen LogP contribution in [0.5, 0.6) is 0 Å². The molecule has 1 aliphatic heterocycles. The Labute approximate surface area is 107 Å². The van der Waals surface area contributed by atoms with Crippen molar-refractivity contribution >= 4 is 11.0 Å². The Morgan fingerprint density at radius 2 is 2.11 bits per heavy atom. The molecule has 1 saturated heterocycles. The van der Waals surface area contributed by atoms with Gasteiger partial charge in [-0.2, -0.15) is 0 Å². The number of nitrogens with one attached hydrogen (secondary N) is 2. The smallest absolute Gasteiger partial charge is 0.275 e. The number of hydrogen-bond donors (Lipinski definition) is 6. The predicted molar refractivity (Wildman–Crippen MR) is 64.3 cm³/mol. The second-order valence-corrected chi connectivity index (χ2v) is 4.75. The molecule has 0 aromatic carbocycles. The first-order chi connectivity index (χ1) is 9.13. The van der Waals surface area contributed by atoms with Crippen molar-refractivity contribution < 1.29 is 20.6 Å². The first-order valence-electron chi connectivity index (χ1n) is 6.00. The van der Waals surface area contributed by atoms with Gasteiger partial charge in [0.05, 0.1) is 18.5 Å². The predicted octanol–water partition coefficient (Wildman–Crippen LogP) is -3.05. The third kappa shape index (κ3) is 1.77. The van der Waals surface area contributed by atoms with Crippen LogP contribution in [-0.2, 0) is 0 Å². The molecule has 102 valence electrons. The number of nitrogens with zero attached hydrogens (tertiary/aromatic N) is 1. The quantitative estimate of drug-likeness (QED) is 0.343. The summed E-state index contributed by atoms with van der Waals surface area (Å²) < 4.78 is 0. The minimum absolute atomic E-state index is 0.231. The lowest BCUT2D eigenvalue weighted by atomic mass is 10.0. The second kappa shape index (κ2) is 4.42. The Morgan fingerprint density at radius 1 is 1.32 bits per heavy atom.